The molecule has 0 saturated carbocycles. The molecule has 2 N–H and O–H groups in total. The Morgan fingerprint density at radius 1 is 1.27 bits per heavy atom. The number of nitrogens with one attached hydrogen (secondary N) is 2. The van der Waals surface area contributed by atoms with E-state index >= 15 is 0 Å². The smallest absolute Gasteiger partial charge is 0.390 e. The van der Waals surface area contributed by atoms with Gasteiger partial charge in [-0.1, -0.05) is 30.3 Å². The standard InChI is InChI=1S/C24H28ClF3N4O4S/c1-16(21-30-20(23(2,3)31-21)22(33)29-12-11-24(26,27)28)10-13-32(15-17-6-8-18(25)9-7-17)37(34,35)19-5-4-14-36-19/h4-9,14,20H,1,10-13,15H2,2-3H3,(H,29,33)(H,30,31)/t20-/m0/s1. The molecule has 0 saturated heterocycles. The molecule has 8 nitrogen and oxygen atoms in total. The van der Waals surface area contributed by atoms with Gasteiger partial charge in [-0.15, -0.1) is 0 Å². The van der Waals surface area contributed by atoms with E-state index in [1.807, 2.05) is 0 Å². The highest BCUT2D eigenvalue weighted by Crippen LogP contribution is 2.26. The third-order valence-corrected chi connectivity index (χ3v) is 7.70. The Bertz CT molecular complexity index is 1240. The molecule has 1 aromatic carbocycles. The molecule has 202 valence electrons. The van der Waals surface area contributed by atoms with Crippen molar-refractivity contribution in [2.24, 2.45) is 4.99 Å². The number of aliphatic imine (C=N–C) groups is 1. The number of sulfonamides is 1. The largest absolute Gasteiger partial charge is 0.452 e. The average molecular weight is 561 g/mol. The third-order valence-electron chi connectivity index (χ3n) is 5.72. The van der Waals surface area contributed by atoms with Crippen LogP contribution in [-0.2, 0) is 21.4 Å². The van der Waals surface area contributed by atoms with Crippen molar-refractivity contribution in [3.63, 3.8) is 0 Å². The number of carbonyl (C=O) groups is 1. The number of halogens is 4. The highest BCUT2D eigenvalue weighted by atomic mass is 35.5. The van der Waals surface area contributed by atoms with E-state index in [1.165, 1.54) is 22.7 Å². The van der Waals surface area contributed by atoms with Gasteiger partial charge in [-0.2, -0.15) is 17.5 Å². The Kier molecular flexibility index (Phi) is 8.76. The zero-order valence-corrected chi connectivity index (χ0v) is 21.9. The maximum Gasteiger partial charge on any atom is 0.390 e. The Morgan fingerprint density at radius 3 is 2.54 bits per heavy atom. The van der Waals surface area contributed by atoms with Gasteiger partial charge in [-0.25, -0.2) is 8.42 Å². The van der Waals surface area contributed by atoms with Crippen molar-refractivity contribution in [3.8, 4) is 0 Å². The van der Waals surface area contributed by atoms with Crippen LogP contribution in [0.2, 0.25) is 5.02 Å². The second-order valence-corrected chi connectivity index (χ2v) is 11.4. The van der Waals surface area contributed by atoms with E-state index in [0.717, 1.165) is 0 Å². The summed E-state index contributed by atoms with van der Waals surface area (Å²) in [6.45, 7) is 6.85. The number of rotatable bonds is 11. The van der Waals surface area contributed by atoms with Gasteiger partial charge >= 0.3 is 6.18 Å². The molecule has 0 aliphatic carbocycles. The van der Waals surface area contributed by atoms with Gasteiger partial charge in [0.05, 0.1) is 18.2 Å². The molecule has 1 aliphatic heterocycles. The Morgan fingerprint density at radius 2 is 1.95 bits per heavy atom. The van der Waals surface area contributed by atoms with Crippen molar-refractivity contribution in [1.82, 2.24) is 14.9 Å². The molecule has 0 bridgehead atoms. The molecule has 13 heteroatoms. The van der Waals surface area contributed by atoms with Crippen LogP contribution in [0.3, 0.4) is 0 Å². The molecule has 1 amide bonds. The maximum atomic E-state index is 13.2. The summed E-state index contributed by atoms with van der Waals surface area (Å²) in [7, 11) is -3.98. The number of benzene rings is 1. The number of amidine groups is 1. The first-order valence-electron chi connectivity index (χ1n) is 11.4. The molecule has 0 spiro atoms. The molecule has 1 aliphatic rings. The summed E-state index contributed by atoms with van der Waals surface area (Å²) in [4.78, 5) is 17.0. The number of alkyl halides is 3. The first-order chi connectivity index (χ1) is 17.2. The normalized spacial score (nSPS) is 17.4. The molecule has 0 radical (unpaired) electrons. The van der Waals surface area contributed by atoms with Crippen LogP contribution in [0.1, 0.15) is 32.3 Å². The quantitative estimate of drug-likeness (QED) is 0.427. The highest BCUT2D eigenvalue weighted by Gasteiger charge is 2.41. The minimum atomic E-state index is -4.38. The van der Waals surface area contributed by atoms with Crippen molar-refractivity contribution in [1.29, 1.82) is 0 Å². The van der Waals surface area contributed by atoms with E-state index in [2.05, 4.69) is 22.2 Å². The van der Waals surface area contributed by atoms with Crippen LogP contribution < -0.4 is 10.6 Å². The predicted molar refractivity (Wildman–Crippen MR) is 134 cm³/mol. The molecular formula is C24H28ClF3N4O4S. The van der Waals surface area contributed by atoms with Gasteiger partial charge in [-0.05, 0) is 55.7 Å². The minimum Gasteiger partial charge on any atom is -0.452 e. The minimum absolute atomic E-state index is 0.0219. The molecule has 0 unspecified atom stereocenters. The van der Waals surface area contributed by atoms with Crippen LogP contribution in [0.5, 0.6) is 0 Å². The van der Waals surface area contributed by atoms with Gasteiger partial charge in [0.1, 0.15) is 11.9 Å². The lowest BCUT2D eigenvalue weighted by Gasteiger charge is -2.24. The molecule has 1 atom stereocenters. The topological polar surface area (TPSA) is 104 Å². The van der Waals surface area contributed by atoms with Gasteiger partial charge in [-0.3, -0.25) is 9.79 Å². The highest BCUT2D eigenvalue weighted by molar-refractivity contribution is 7.89. The Balaban J connectivity index is 1.69. The molecule has 37 heavy (non-hydrogen) atoms. The lowest BCUT2D eigenvalue weighted by molar-refractivity contribution is -0.136. The molecule has 3 rings (SSSR count). The first-order valence-corrected chi connectivity index (χ1v) is 13.2. The van der Waals surface area contributed by atoms with Crippen LogP contribution in [0.25, 0.3) is 0 Å². The lowest BCUT2D eigenvalue weighted by Crippen LogP contribution is -2.52. The van der Waals surface area contributed by atoms with Crippen LogP contribution in [-0.4, -0.2) is 55.3 Å². The fourth-order valence-electron chi connectivity index (χ4n) is 3.69. The first kappa shape index (κ1) is 28.7. The molecule has 2 heterocycles. The van der Waals surface area contributed by atoms with Gasteiger partial charge in [0.15, 0.2) is 0 Å². The summed E-state index contributed by atoms with van der Waals surface area (Å²) in [6.07, 6.45) is -4.08. The molecule has 1 aromatic heterocycles. The Hall–Kier alpha value is -2.83. The second-order valence-electron chi connectivity index (χ2n) is 9.10. The SMILES string of the molecule is C=C(CCN(Cc1ccc(Cl)cc1)S(=O)(=O)c1ccco1)C1=NC(C)(C)[C@H](C(=O)NCCC(F)(F)F)N1. The summed E-state index contributed by atoms with van der Waals surface area (Å²) >= 11 is 5.94. The van der Waals surface area contributed by atoms with Crippen LogP contribution in [0.15, 0.2) is 69.3 Å². The monoisotopic (exact) mass is 560 g/mol. The Labute approximate surface area is 218 Å². The summed E-state index contributed by atoms with van der Waals surface area (Å²) in [5.41, 5.74) is 0.191. The van der Waals surface area contributed by atoms with Crippen molar-refractivity contribution < 1.29 is 30.8 Å². The average Bonchev–Trinajstić information content (AvgIpc) is 3.45. The van der Waals surface area contributed by atoms with Crippen molar-refractivity contribution >= 4 is 33.4 Å². The maximum absolute atomic E-state index is 13.2. The van der Waals surface area contributed by atoms with E-state index in [9.17, 15) is 26.4 Å². The summed E-state index contributed by atoms with van der Waals surface area (Å²) in [5, 5.41) is 5.52. The van der Waals surface area contributed by atoms with Crippen molar-refractivity contribution in [2.45, 2.75) is 56.1 Å². The second kappa shape index (κ2) is 11.3. The fraction of sp³-hybridized carbons (Fsp3) is 0.417. The number of nitrogens with zero attached hydrogens (tertiary/aromatic N) is 2. The van der Waals surface area contributed by atoms with E-state index in [1.54, 1.807) is 38.1 Å². The van der Waals surface area contributed by atoms with Crippen molar-refractivity contribution in [2.75, 3.05) is 13.1 Å². The zero-order chi connectivity index (χ0) is 27.4. The number of hydrogen-bond acceptors (Lipinski definition) is 6. The van der Waals surface area contributed by atoms with Crippen molar-refractivity contribution in [3.05, 3.63) is 65.4 Å². The number of carbonyl (C=O) groups excluding carboxylic acids is 1. The number of furan rings is 1. The number of hydrogen-bond donors (Lipinski definition) is 2. The van der Waals surface area contributed by atoms with Gasteiger partial charge in [0.25, 0.3) is 10.0 Å². The third kappa shape index (κ3) is 7.59. The van der Waals surface area contributed by atoms with Gasteiger partial charge in [0, 0.05) is 24.7 Å². The van der Waals surface area contributed by atoms with Crippen LogP contribution in [0, 0.1) is 0 Å². The van der Waals surface area contributed by atoms with E-state index in [-0.39, 0.29) is 24.6 Å². The summed E-state index contributed by atoms with van der Waals surface area (Å²) in [6, 6.07) is 8.67. The number of amides is 1. The molecular weight excluding hydrogens is 533 g/mol. The summed E-state index contributed by atoms with van der Waals surface area (Å²) in [5.74, 6) is -0.326. The van der Waals surface area contributed by atoms with Crippen LogP contribution >= 0.6 is 11.6 Å². The van der Waals surface area contributed by atoms with Gasteiger partial charge in [0.2, 0.25) is 11.0 Å². The predicted octanol–water partition coefficient (Wildman–Crippen LogP) is 4.29. The van der Waals surface area contributed by atoms with E-state index in [4.69, 9.17) is 16.0 Å². The zero-order valence-electron chi connectivity index (χ0n) is 20.3. The fourth-order valence-corrected chi connectivity index (χ4v) is 5.15. The van der Waals surface area contributed by atoms with Gasteiger partial charge < -0.3 is 15.1 Å². The van der Waals surface area contributed by atoms with Crippen LogP contribution in [0.4, 0.5) is 13.2 Å². The van der Waals surface area contributed by atoms with E-state index < -0.39 is 46.7 Å². The lowest BCUT2D eigenvalue weighted by atomic mass is 9.96. The molecule has 0 fully saturated rings. The molecule has 2 aromatic rings. The summed E-state index contributed by atoms with van der Waals surface area (Å²) < 4.78 is 70.1. The van der Waals surface area contributed by atoms with E-state index in [0.29, 0.717) is 22.0 Å².